The van der Waals surface area contributed by atoms with Gasteiger partial charge in [-0.3, -0.25) is 4.79 Å². The lowest BCUT2D eigenvalue weighted by Crippen LogP contribution is -2.41. The molecule has 0 radical (unpaired) electrons. The van der Waals surface area contributed by atoms with E-state index in [1.54, 1.807) is 0 Å². The van der Waals surface area contributed by atoms with Gasteiger partial charge in [0.05, 0.1) is 5.70 Å². The third-order valence-corrected chi connectivity index (χ3v) is 4.65. The SMILES string of the molecule is CN(C)S(=O)(=O)NC(=O)C1=C(N2CCCC2)COC1=O. The number of amides is 1. The number of likely N-dealkylation sites (tertiary alicyclic amines) is 1. The summed E-state index contributed by atoms with van der Waals surface area (Å²) in [6.45, 7) is 1.50. The van der Waals surface area contributed by atoms with Gasteiger partial charge in [-0.15, -0.1) is 0 Å². The van der Waals surface area contributed by atoms with Crippen molar-refractivity contribution in [1.29, 1.82) is 0 Å². The smallest absolute Gasteiger partial charge is 0.346 e. The summed E-state index contributed by atoms with van der Waals surface area (Å²) in [5.41, 5.74) is 0.260. The van der Waals surface area contributed by atoms with Crippen LogP contribution in [0.1, 0.15) is 12.8 Å². The Kier molecular flexibility index (Phi) is 4.00. The number of nitrogens with zero attached hydrogens (tertiary/aromatic N) is 2. The lowest BCUT2D eigenvalue weighted by molar-refractivity contribution is -0.137. The van der Waals surface area contributed by atoms with Crippen LogP contribution < -0.4 is 4.72 Å². The van der Waals surface area contributed by atoms with Crippen LogP contribution in [-0.2, 0) is 24.5 Å². The zero-order valence-electron chi connectivity index (χ0n) is 11.4. The number of hydrogen-bond acceptors (Lipinski definition) is 6. The van der Waals surface area contributed by atoms with Crippen LogP contribution in [0.5, 0.6) is 0 Å². The summed E-state index contributed by atoms with van der Waals surface area (Å²) in [7, 11) is -1.35. The highest BCUT2D eigenvalue weighted by molar-refractivity contribution is 7.87. The summed E-state index contributed by atoms with van der Waals surface area (Å²) >= 11 is 0. The van der Waals surface area contributed by atoms with Crippen LogP contribution in [0.4, 0.5) is 0 Å². The molecule has 112 valence electrons. The number of carbonyl (C=O) groups excluding carboxylic acids is 2. The Balaban J connectivity index is 2.25. The summed E-state index contributed by atoms with van der Waals surface area (Å²) in [6, 6.07) is 0. The molecule has 0 aromatic heterocycles. The average Bonchev–Trinajstić information content (AvgIpc) is 2.96. The third kappa shape index (κ3) is 2.78. The first kappa shape index (κ1) is 14.8. The first-order valence-corrected chi connectivity index (χ1v) is 7.67. The van der Waals surface area contributed by atoms with E-state index in [0.717, 1.165) is 30.2 Å². The lowest BCUT2D eigenvalue weighted by Gasteiger charge is -2.18. The molecule has 0 aromatic rings. The number of rotatable bonds is 4. The minimum atomic E-state index is -3.93. The zero-order valence-corrected chi connectivity index (χ0v) is 12.2. The van der Waals surface area contributed by atoms with Gasteiger partial charge >= 0.3 is 16.2 Å². The van der Waals surface area contributed by atoms with Gasteiger partial charge in [0.1, 0.15) is 12.2 Å². The van der Waals surface area contributed by atoms with Crippen molar-refractivity contribution in [3.8, 4) is 0 Å². The molecular weight excluding hydrogens is 286 g/mol. The molecule has 2 heterocycles. The Morgan fingerprint density at radius 2 is 1.90 bits per heavy atom. The molecule has 2 aliphatic rings. The lowest BCUT2D eigenvalue weighted by atomic mass is 10.2. The van der Waals surface area contributed by atoms with Crippen LogP contribution in [0.25, 0.3) is 0 Å². The summed E-state index contributed by atoms with van der Waals surface area (Å²) in [4.78, 5) is 25.6. The van der Waals surface area contributed by atoms with Crippen molar-refractivity contribution in [2.24, 2.45) is 0 Å². The maximum absolute atomic E-state index is 12.0. The van der Waals surface area contributed by atoms with E-state index in [9.17, 15) is 18.0 Å². The number of carbonyl (C=O) groups is 2. The van der Waals surface area contributed by atoms with Crippen molar-refractivity contribution in [1.82, 2.24) is 13.9 Å². The molecular formula is C11H17N3O5S. The van der Waals surface area contributed by atoms with Gasteiger partial charge in [-0.05, 0) is 12.8 Å². The molecule has 0 aliphatic carbocycles. The van der Waals surface area contributed by atoms with E-state index < -0.39 is 22.1 Å². The molecule has 0 bridgehead atoms. The summed E-state index contributed by atoms with van der Waals surface area (Å²) in [6.07, 6.45) is 1.95. The number of nitrogens with one attached hydrogen (secondary N) is 1. The predicted octanol–water partition coefficient (Wildman–Crippen LogP) is -1.18. The summed E-state index contributed by atoms with van der Waals surface area (Å²) < 4.78 is 30.9. The fourth-order valence-electron chi connectivity index (χ4n) is 2.12. The highest BCUT2D eigenvalue weighted by Gasteiger charge is 2.36. The molecule has 0 unspecified atom stereocenters. The van der Waals surface area contributed by atoms with Gasteiger partial charge in [0.25, 0.3) is 5.91 Å². The first-order valence-electron chi connectivity index (χ1n) is 6.23. The van der Waals surface area contributed by atoms with Gasteiger partial charge in [-0.25, -0.2) is 9.52 Å². The average molecular weight is 303 g/mol. The molecule has 1 fully saturated rings. The van der Waals surface area contributed by atoms with Crippen LogP contribution in [0, 0.1) is 0 Å². The fourth-order valence-corrected chi connectivity index (χ4v) is 2.63. The molecule has 1 amide bonds. The second-order valence-corrected chi connectivity index (χ2v) is 6.70. The van der Waals surface area contributed by atoms with Crippen molar-refractivity contribution in [2.45, 2.75) is 12.8 Å². The van der Waals surface area contributed by atoms with Gasteiger partial charge in [-0.1, -0.05) is 0 Å². The molecule has 2 aliphatic heterocycles. The second kappa shape index (κ2) is 5.41. The standard InChI is InChI=1S/C11H17N3O5S/c1-13(2)20(17,18)12-10(15)9-8(7-19-11(9)16)14-5-3-4-6-14/h3-7H2,1-2H3,(H,12,15). The number of esters is 1. The Morgan fingerprint density at radius 1 is 1.30 bits per heavy atom. The van der Waals surface area contributed by atoms with Crippen LogP contribution in [0.3, 0.4) is 0 Å². The quantitative estimate of drug-likeness (QED) is 0.518. The molecule has 1 saturated heterocycles. The van der Waals surface area contributed by atoms with Crippen molar-refractivity contribution in [3.63, 3.8) is 0 Å². The van der Waals surface area contributed by atoms with E-state index in [1.165, 1.54) is 14.1 Å². The predicted molar refractivity (Wildman–Crippen MR) is 69.5 cm³/mol. The number of cyclic esters (lactones) is 1. The number of ether oxygens (including phenoxy) is 1. The van der Waals surface area contributed by atoms with E-state index >= 15 is 0 Å². The van der Waals surface area contributed by atoms with E-state index in [4.69, 9.17) is 4.74 Å². The fraction of sp³-hybridized carbons (Fsp3) is 0.636. The Labute approximate surface area is 117 Å². The van der Waals surface area contributed by atoms with E-state index in [0.29, 0.717) is 5.70 Å². The topological polar surface area (TPSA) is 96.0 Å². The molecule has 0 spiro atoms. The third-order valence-electron chi connectivity index (χ3n) is 3.25. The molecule has 8 nitrogen and oxygen atoms in total. The molecule has 0 aromatic carbocycles. The number of hydrogen-bond donors (Lipinski definition) is 1. The minimum Gasteiger partial charge on any atom is -0.455 e. The van der Waals surface area contributed by atoms with Crippen LogP contribution in [0.2, 0.25) is 0 Å². The maximum Gasteiger partial charge on any atom is 0.346 e. The molecule has 9 heteroatoms. The Bertz CT molecular complexity index is 561. The zero-order chi connectivity index (χ0) is 14.9. The van der Waals surface area contributed by atoms with Crippen LogP contribution >= 0.6 is 0 Å². The van der Waals surface area contributed by atoms with Gasteiger partial charge in [0.15, 0.2) is 0 Å². The van der Waals surface area contributed by atoms with E-state index in [-0.39, 0.29) is 12.2 Å². The molecule has 0 atom stereocenters. The van der Waals surface area contributed by atoms with Gasteiger partial charge in [0.2, 0.25) is 0 Å². The molecule has 1 N–H and O–H groups in total. The molecule has 2 rings (SSSR count). The normalized spacial score (nSPS) is 19.8. The monoisotopic (exact) mass is 303 g/mol. The molecule has 20 heavy (non-hydrogen) atoms. The van der Waals surface area contributed by atoms with Crippen LogP contribution in [-0.4, -0.2) is 63.3 Å². The van der Waals surface area contributed by atoms with Crippen molar-refractivity contribution >= 4 is 22.1 Å². The summed E-state index contributed by atoms with van der Waals surface area (Å²) in [5.74, 6) is -1.72. The minimum absolute atomic E-state index is 0.0175. The van der Waals surface area contributed by atoms with Gasteiger partial charge in [-0.2, -0.15) is 12.7 Å². The highest BCUT2D eigenvalue weighted by atomic mass is 32.2. The van der Waals surface area contributed by atoms with E-state index in [2.05, 4.69) is 0 Å². The second-order valence-electron chi connectivity index (χ2n) is 4.81. The van der Waals surface area contributed by atoms with Crippen molar-refractivity contribution in [3.05, 3.63) is 11.3 Å². The van der Waals surface area contributed by atoms with Gasteiger partial charge in [0, 0.05) is 27.2 Å². The largest absolute Gasteiger partial charge is 0.455 e. The first-order chi connectivity index (χ1) is 9.33. The van der Waals surface area contributed by atoms with Crippen molar-refractivity contribution in [2.75, 3.05) is 33.8 Å². The molecule has 0 saturated carbocycles. The van der Waals surface area contributed by atoms with Crippen molar-refractivity contribution < 1.29 is 22.7 Å². The van der Waals surface area contributed by atoms with Gasteiger partial charge < -0.3 is 9.64 Å². The Morgan fingerprint density at radius 3 is 2.45 bits per heavy atom. The maximum atomic E-state index is 12.0. The summed E-state index contributed by atoms with van der Waals surface area (Å²) in [5, 5.41) is 0. The highest BCUT2D eigenvalue weighted by Crippen LogP contribution is 2.24. The van der Waals surface area contributed by atoms with Crippen LogP contribution in [0.15, 0.2) is 11.3 Å². The Hall–Kier alpha value is -1.61. The van der Waals surface area contributed by atoms with E-state index in [1.807, 2.05) is 9.62 Å².